The summed E-state index contributed by atoms with van der Waals surface area (Å²) in [7, 11) is 0. The van der Waals surface area contributed by atoms with Crippen LogP contribution in [0.1, 0.15) is 18.4 Å². The van der Waals surface area contributed by atoms with E-state index in [9.17, 15) is 4.79 Å². The second-order valence-electron chi connectivity index (χ2n) is 6.42. The van der Waals surface area contributed by atoms with E-state index in [0.29, 0.717) is 54.1 Å². The number of fused-ring (bicyclic) bond motifs is 2. The Labute approximate surface area is 167 Å². The van der Waals surface area contributed by atoms with Gasteiger partial charge in [0.05, 0.1) is 30.5 Å². The number of amides is 1. The van der Waals surface area contributed by atoms with E-state index >= 15 is 0 Å². The maximum Gasteiger partial charge on any atom is 0.292 e. The van der Waals surface area contributed by atoms with Crippen molar-refractivity contribution in [3.05, 3.63) is 58.1 Å². The van der Waals surface area contributed by atoms with Crippen molar-refractivity contribution in [3.8, 4) is 5.75 Å². The van der Waals surface area contributed by atoms with Crippen LogP contribution in [0.5, 0.6) is 5.75 Å². The minimum Gasteiger partial charge on any atom is -0.492 e. The van der Waals surface area contributed by atoms with Crippen molar-refractivity contribution in [1.29, 1.82) is 0 Å². The molecule has 5 nitrogen and oxygen atoms in total. The van der Waals surface area contributed by atoms with E-state index in [0.717, 1.165) is 12.1 Å². The van der Waals surface area contributed by atoms with E-state index in [1.807, 2.05) is 24.3 Å². The van der Waals surface area contributed by atoms with Gasteiger partial charge in [0.15, 0.2) is 0 Å². The van der Waals surface area contributed by atoms with Gasteiger partial charge in [0.1, 0.15) is 5.75 Å². The molecule has 0 aliphatic carbocycles. The van der Waals surface area contributed by atoms with E-state index in [2.05, 4.69) is 0 Å². The average Bonchev–Trinajstić information content (AvgIpc) is 2.89. The van der Waals surface area contributed by atoms with E-state index in [1.54, 1.807) is 23.1 Å². The van der Waals surface area contributed by atoms with Crippen LogP contribution in [0.25, 0.3) is 0 Å². The van der Waals surface area contributed by atoms with Gasteiger partial charge in [0.2, 0.25) is 0 Å². The number of para-hydroxylation sites is 1. The van der Waals surface area contributed by atoms with Gasteiger partial charge in [-0.1, -0.05) is 35.3 Å². The molecule has 2 aliphatic heterocycles. The Balaban J connectivity index is 1.48. The predicted octanol–water partition coefficient (Wildman–Crippen LogP) is 4.40. The third kappa shape index (κ3) is 3.41. The minimum atomic E-state index is -1.37. The molecule has 1 spiro atoms. The molecule has 1 fully saturated rings. The molecule has 1 saturated heterocycles. The maximum atomic E-state index is 13.1. The van der Waals surface area contributed by atoms with Gasteiger partial charge < -0.3 is 19.1 Å². The summed E-state index contributed by atoms with van der Waals surface area (Å²) in [5.41, 5.74) is 1.44. The van der Waals surface area contributed by atoms with Crippen LogP contribution in [0.15, 0.2) is 42.5 Å². The highest BCUT2D eigenvalue weighted by atomic mass is 35.5. The monoisotopic (exact) mass is 407 g/mol. The molecule has 0 bridgehead atoms. The molecule has 1 amide bonds. The second-order valence-corrected chi connectivity index (χ2v) is 7.26. The summed E-state index contributed by atoms with van der Waals surface area (Å²) in [6, 6.07) is 12.7. The fraction of sp³-hybridized carbons (Fsp3) is 0.350. The summed E-state index contributed by atoms with van der Waals surface area (Å²) in [6.45, 7) is 1.86. The minimum absolute atomic E-state index is 0.211. The van der Waals surface area contributed by atoms with Gasteiger partial charge in [0, 0.05) is 17.1 Å². The highest BCUT2D eigenvalue weighted by molar-refractivity contribution is 6.32. The van der Waals surface area contributed by atoms with Crippen LogP contribution in [-0.2, 0) is 20.1 Å². The fourth-order valence-electron chi connectivity index (χ4n) is 3.41. The van der Waals surface area contributed by atoms with E-state index in [1.165, 1.54) is 0 Å². The van der Waals surface area contributed by atoms with Crippen LogP contribution >= 0.6 is 23.2 Å². The molecule has 142 valence electrons. The number of rotatable bonds is 5. The van der Waals surface area contributed by atoms with Crippen molar-refractivity contribution in [2.45, 2.75) is 18.6 Å². The van der Waals surface area contributed by atoms with Gasteiger partial charge in [-0.05, 0) is 43.2 Å². The number of anilines is 1. The SMILES string of the molecule is O=C1N(CCCOc2ccccc2Cl)c2ccc(Cl)cc2C12OCCCO2. The Morgan fingerprint density at radius 3 is 2.67 bits per heavy atom. The normalized spacial score (nSPS) is 18.0. The summed E-state index contributed by atoms with van der Waals surface area (Å²) in [4.78, 5) is 14.8. The molecule has 7 heteroatoms. The van der Waals surface area contributed by atoms with Gasteiger partial charge in [0.25, 0.3) is 11.7 Å². The van der Waals surface area contributed by atoms with Gasteiger partial charge in [-0.2, -0.15) is 0 Å². The van der Waals surface area contributed by atoms with Gasteiger partial charge in [-0.25, -0.2) is 0 Å². The maximum absolute atomic E-state index is 13.1. The molecule has 0 radical (unpaired) electrons. The summed E-state index contributed by atoms with van der Waals surface area (Å²) < 4.78 is 17.4. The van der Waals surface area contributed by atoms with Gasteiger partial charge in [-0.15, -0.1) is 0 Å². The largest absolute Gasteiger partial charge is 0.492 e. The van der Waals surface area contributed by atoms with Crippen LogP contribution < -0.4 is 9.64 Å². The molecule has 0 unspecified atom stereocenters. The summed E-state index contributed by atoms with van der Waals surface area (Å²) in [5, 5.41) is 1.11. The lowest BCUT2D eigenvalue weighted by atomic mass is 10.1. The first kappa shape index (κ1) is 18.6. The van der Waals surface area contributed by atoms with Crippen LogP contribution in [0.4, 0.5) is 5.69 Å². The Morgan fingerprint density at radius 2 is 1.89 bits per heavy atom. The number of carbonyl (C=O) groups is 1. The number of halogens is 2. The lowest BCUT2D eigenvalue weighted by Crippen LogP contribution is -2.47. The lowest BCUT2D eigenvalue weighted by molar-refractivity contribution is -0.256. The highest BCUT2D eigenvalue weighted by Crippen LogP contribution is 2.46. The highest BCUT2D eigenvalue weighted by Gasteiger charge is 2.54. The molecule has 2 aromatic rings. The molecule has 27 heavy (non-hydrogen) atoms. The molecule has 2 aliphatic rings. The quantitative estimate of drug-likeness (QED) is 0.689. The first-order valence-corrected chi connectivity index (χ1v) is 9.65. The number of carbonyl (C=O) groups excluding carboxylic acids is 1. The Morgan fingerprint density at radius 1 is 1.11 bits per heavy atom. The molecule has 0 N–H and O–H groups in total. The number of benzene rings is 2. The summed E-state index contributed by atoms with van der Waals surface area (Å²) in [5.74, 6) is -0.950. The molecule has 2 aromatic carbocycles. The third-order valence-corrected chi connectivity index (χ3v) is 5.20. The van der Waals surface area contributed by atoms with Crippen LogP contribution in [0.3, 0.4) is 0 Å². The van der Waals surface area contributed by atoms with Gasteiger partial charge >= 0.3 is 0 Å². The Hall–Kier alpha value is -1.79. The van der Waals surface area contributed by atoms with Crippen molar-refractivity contribution >= 4 is 34.8 Å². The van der Waals surface area contributed by atoms with Crippen LogP contribution in [-0.4, -0.2) is 32.3 Å². The second kappa shape index (κ2) is 7.68. The zero-order chi connectivity index (χ0) is 18.9. The number of hydrogen-bond acceptors (Lipinski definition) is 4. The lowest BCUT2D eigenvalue weighted by Gasteiger charge is -2.32. The Bertz CT molecular complexity index is 852. The smallest absolute Gasteiger partial charge is 0.292 e. The van der Waals surface area contributed by atoms with Crippen molar-refractivity contribution in [2.75, 3.05) is 31.3 Å². The average molecular weight is 408 g/mol. The van der Waals surface area contributed by atoms with E-state index in [-0.39, 0.29) is 5.91 Å². The van der Waals surface area contributed by atoms with Crippen LogP contribution in [0.2, 0.25) is 10.0 Å². The Kier molecular flexibility index (Phi) is 5.28. The first-order chi connectivity index (χ1) is 13.1. The van der Waals surface area contributed by atoms with E-state index < -0.39 is 5.79 Å². The molecule has 0 atom stereocenters. The zero-order valence-corrected chi connectivity index (χ0v) is 16.1. The number of hydrogen-bond donors (Lipinski definition) is 0. The third-order valence-electron chi connectivity index (χ3n) is 4.65. The summed E-state index contributed by atoms with van der Waals surface area (Å²) >= 11 is 12.3. The van der Waals surface area contributed by atoms with Gasteiger partial charge in [-0.3, -0.25) is 4.79 Å². The van der Waals surface area contributed by atoms with Crippen molar-refractivity contribution in [1.82, 2.24) is 0 Å². The van der Waals surface area contributed by atoms with Crippen molar-refractivity contribution in [2.24, 2.45) is 0 Å². The molecular formula is C20H19Cl2NO4. The molecule has 0 aromatic heterocycles. The van der Waals surface area contributed by atoms with Crippen LogP contribution in [0, 0.1) is 0 Å². The predicted molar refractivity (Wildman–Crippen MR) is 104 cm³/mol. The molecular weight excluding hydrogens is 389 g/mol. The zero-order valence-electron chi connectivity index (χ0n) is 14.6. The standard InChI is InChI=1S/C20H19Cl2NO4/c21-14-7-8-17-15(13-14)20(26-11-4-12-27-20)19(24)23(17)9-3-10-25-18-6-2-1-5-16(18)22/h1-2,5-8,13H,3-4,9-12H2. The molecule has 4 rings (SSSR count). The number of nitrogens with zero attached hydrogens (tertiary/aromatic N) is 1. The molecule has 0 saturated carbocycles. The van der Waals surface area contributed by atoms with Crippen molar-refractivity contribution in [3.63, 3.8) is 0 Å². The molecule has 2 heterocycles. The topological polar surface area (TPSA) is 48.0 Å². The van der Waals surface area contributed by atoms with E-state index in [4.69, 9.17) is 37.4 Å². The summed E-state index contributed by atoms with van der Waals surface area (Å²) in [6.07, 6.45) is 1.39. The first-order valence-electron chi connectivity index (χ1n) is 8.89. The van der Waals surface area contributed by atoms with Crippen molar-refractivity contribution < 1.29 is 19.0 Å². The number of ether oxygens (including phenoxy) is 3. The fourth-order valence-corrected chi connectivity index (χ4v) is 3.77.